The average molecular weight is 1330 g/mol. The number of benzene rings is 4. The Morgan fingerprint density at radius 2 is 1.10 bits per heavy atom. The summed E-state index contributed by atoms with van der Waals surface area (Å²) in [6.45, 7) is 13.9. The van der Waals surface area contributed by atoms with Gasteiger partial charge in [0.2, 0.25) is 5.69 Å². The molecule has 6 aromatic rings. The number of aromatic nitrogens is 2. The Labute approximate surface area is 529 Å². The summed E-state index contributed by atoms with van der Waals surface area (Å²) >= 11 is 0. The second-order valence-electron chi connectivity index (χ2n) is 23.0. The van der Waals surface area contributed by atoms with Gasteiger partial charge in [-0.25, -0.2) is 18.4 Å². The number of fused-ring (bicyclic) bond motifs is 6. The third kappa shape index (κ3) is 16.0. The lowest BCUT2D eigenvalue weighted by atomic mass is 9.78. The van der Waals surface area contributed by atoms with E-state index in [4.69, 9.17) is 0 Å². The van der Waals surface area contributed by atoms with Crippen molar-refractivity contribution in [2.75, 3.05) is 61.4 Å². The first-order valence-corrected chi connectivity index (χ1v) is 35.6. The lowest BCUT2D eigenvalue weighted by Gasteiger charge is -2.27. The van der Waals surface area contributed by atoms with Gasteiger partial charge in [-0.2, -0.15) is 29.8 Å². The average Bonchev–Trinajstić information content (AvgIpc) is 1.60. The molecule has 28 heteroatoms. The normalized spacial score (nSPS) is 15.2. The molecule has 2 aliphatic rings. The van der Waals surface area contributed by atoms with E-state index in [1.807, 2.05) is 80.8 Å². The SMILES string of the molecule is CCCCCN1/C(=C/C=C/C=C/C2=[N+](CCCS(=O)(=O)[O-])c3ccc4cc(-c5cc(C(=O)NCCS(=O)(=O)O)nc(C(=O)NCCS(=O)(=O)O)c5)ccc4c3C2(C)C)C(C)(C)c2c1cc(S(=O)(=O)O)c1cc(-c3cc(C(=O)NCC)nc(C(=O)NCC)c3)ccc21. The largest absolute Gasteiger partial charge is 0.748 e. The number of unbranched alkanes of at least 4 members (excludes halogenated alkanes) is 2. The van der Waals surface area contributed by atoms with Crippen LogP contribution in [0.1, 0.15) is 127 Å². The van der Waals surface area contributed by atoms with Crippen LogP contribution < -0.4 is 26.2 Å². The fourth-order valence-corrected chi connectivity index (χ4v) is 13.6. The molecule has 0 saturated heterocycles. The van der Waals surface area contributed by atoms with E-state index in [1.165, 1.54) is 30.3 Å². The predicted octanol–water partition coefficient (Wildman–Crippen LogP) is 7.39. The molecule has 0 spiro atoms. The molecule has 0 radical (unpaired) electrons. The molecule has 4 amide bonds. The van der Waals surface area contributed by atoms with Gasteiger partial charge in [-0.05, 0) is 133 Å². The van der Waals surface area contributed by atoms with Gasteiger partial charge in [0.15, 0.2) is 5.71 Å². The molecule has 2 aliphatic heterocycles. The molecular weight excluding hydrogens is 1250 g/mol. The summed E-state index contributed by atoms with van der Waals surface area (Å²) in [4.78, 5) is 63.0. The van der Waals surface area contributed by atoms with Crippen molar-refractivity contribution < 1.29 is 75.6 Å². The zero-order valence-corrected chi connectivity index (χ0v) is 54.4. The van der Waals surface area contributed by atoms with Crippen molar-refractivity contribution in [1.29, 1.82) is 0 Å². The summed E-state index contributed by atoms with van der Waals surface area (Å²) in [5.74, 6) is -5.03. The summed E-state index contributed by atoms with van der Waals surface area (Å²) in [7, 11) is -18.3. The van der Waals surface area contributed by atoms with E-state index in [2.05, 4.69) is 43.1 Å². The van der Waals surface area contributed by atoms with Gasteiger partial charge in [-0.15, -0.1) is 0 Å². The lowest BCUT2D eigenvalue weighted by molar-refractivity contribution is -0.437. The van der Waals surface area contributed by atoms with E-state index in [0.29, 0.717) is 58.3 Å². The van der Waals surface area contributed by atoms with E-state index in [1.54, 1.807) is 44.2 Å². The number of nitrogens with zero attached hydrogens (tertiary/aromatic N) is 4. The summed E-state index contributed by atoms with van der Waals surface area (Å²) < 4.78 is 140. The minimum absolute atomic E-state index is 0.00295. The predicted molar refractivity (Wildman–Crippen MR) is 346 cm³/mol. The van der Waals surface area contributed by atoms with Crippen LogP contribution in [0.15, 0.2) is 120 Å². The maximum absolute atomic E-state index is 13.5. The summed E-state index contributed by atoms with van der Waals surface area (Å²) in [5, 5.41) is 12.4. The Hall–Kier alpha value is -8.09. The highest BCUT2D eigenvalue weighted by molar-refractivity contribution is 7.86. The molecule has 0 aliphatic carbocycles. The Morgan fingerprint density at radius 3 is 1.60 bits per heavy atom. The molecule has 91 heavy (non-hydrogen) atoms. The second kappa shape index (κ2) is 27.4. The number of carbonyl (C=O) groups is 4. The van der Waals surface area contributed by atoms with Gasteiger partial charge >= 0.3 is 0 Å². The van der Waals surface area contributed by atoms with Gasteiger partial charge < -0.3 is 30.7 Å². The molecule has 0 bridgehead atoms. The monoisotopic (exact) mass is 1320 g/mol. The summed E-state index contributed by atoms with van der Waals surface area (Å²) in [6.07, 6.45) is 11.9. The van der Waals surface area contributed by atoms with Crippen LogP contribution in [0.4, 0.5) is 11.4 Å². The first-order chi connectivity index (χ1) is 42.7. The number of pyridine rings is 2. The van der Waals surface area contributed by atoms with Crippen LogP contribution in [0.25, 0.3) is 43.8 Å². The van der Waals surface area contributed by atoms with Crippen LogP contribution in [-0.4, -0.2) is 152 Å². The fraction of sp³-hybridized carbons (Fsp3) is 0.349. The van der Waals surface area contributed by atoms with E-state index < -0.39 is 105 Å². The minimum Gasteiger partial charge on any atom is -0.748 e. The van der Waals surface area contributed by atoms with E-state index >= 15 is 0 Å². The first kappa shape index (κ1) is 68.8. The molecule has 7 N–H and O–H groups in total. The highest BCUT2D eigenvalue weighted by Gasteiger charge is 2.46. The van der Waals surface area contributed by atoms with Crippen LogP contribution in [0.2, 0.25) is 0 Å². The van der Waals surface area contributed by atoms with Crippen molar-refractivity contribution in [2.45, 2.75) is 89.9 Å². The smallest absolute Gasteiger partial charge is 0.295 e. The van der Waals surface area contributed by atoms with Crippen LogP contribution in [0, 0.1) is 0 Å². The molecule has 0 fully saturated rings. The number of hydrogen-bond acceptors (Lipinski definition) is 16. The maximum Gasteiger partial charge on any atom is 0.295 e. The lowest BCUT2D eigenvalue weighted by Crippen LogP contribution is -2.32. The van der Waals surface area contributed by atoms with Crippen molar-refractivity contribution in [3.05, 3.63) is 149 Å². The number of hydrogen-bond donors (Lipinski definition) is 7. The third-order valence-corrected chi connectivity index (χ3v) is 18.9. The second-order valence-corrected chi connectivity index (χ2v) is 29.1. The molecule has 2 aromatic heterocycles. The molecule has 4 aromatic carbocycles. The highest BCUT2D eigenvalue weighted by Crippen LogP contribution is 2.53. The molecule has 0 atom stereocenters. The van der Waals surface area contributed by atoms with Crippen LogP contribution in [-0.2, 0) is 51.3 Å². The van der Waals surface area contributed by atoms with E-state index in [9.17, 15) is 71.1 Å². The van der Waals surface area contributed by atoms with Crippen molar-refractivity contribution in [2.24, 2.45) is 0 Å². The molecule has 8 rings (SSSR count). The Kier molecular flexibility index (Phi) is 20.7. The molecule has 0 unspecified atom stereocenters. The fourth-order valence-electron chi connectivity index (χ4n) is 11.7. The quantitative estimate of drug-likeness (QED) is 0.0120. The number of carbonyl (C=O) groups excluding carboxylic acids is 4. The Morgan fingerprint density at radius 1 is 0.571 bits per heavy atom. The molecule has 4 heterocycles. The zero-order valence-electron chi connectivity index (χ0n) is 51.2. The number of rotatable bonds is 26. The third-order valence-electron chi connectivity index (χ3n) is 15.8. The Bertz CT molecular complexity index is 4440. The number of allylic oxidation sites excluding steroid dienone is 6. The standard InChI is InChI=1S/C63H72N8O16S4/c1-8-11-15-27-71-52-38-53(91(85,86)87)46-33-40(43-36-47(58(72)64-9-2)68-48(37-43)59(73)65-10-3)20-23-45(46)57(52)63(6,7)55(71)18-14-12-13-17-54-62(4,5)56-44-22-19-39(32-41(44)21-24-51(56)70(54)28-16-29-88(76,77)78)42-34-49(60(74)66-25-30-89(79,80)81)69-50(35-42)61(75)67-26-31-90(82,83)84/h12-14,17-24,32-38H,8-11,15-16,25-31H2,1-7H3,(H7-,64,65,66,67,72,73,74,75,76,77,78,79,80,81,82,83,84,85,86,87). The van der Waals surface area contributed by atoms with Crippen molar-refractivity contribution in [3.8, 4) is 22.3 Å². The molecule has 484 valence electrons. The van der Waals surface area contributed by atoms with Crippen LogP contribution >= 0.6 is 0 Å². The number of anilines is 1. The molecular formula is C63H72N8O16S4. The molecule has 24 nitrogen and oxygen atoms in total. The Balaban J connectivity index is 1.17. The van der Waals surface area contributed by atoms with Gasteiger partial charge in [0, 0.05) is 84.8 Å². The minimum atomic E-state index is -4.86. The zero-order chi connectivity index (χ0) is 66.6. The van der Waals surface area contributed by atoms with Crippen LogP contribution in [0.3, 0.4) is 0 Å². The van der Waals surface area contributed by atoms with E-state index in [-0.39, 0.29) is 46.0 Å². The van der Waals surface area contributed by atoms with Crippen molar-refractivity contribution in [1.82, 2.24) is 31.2 Å². The van der Waals surface area contributed by atoms with Crippen molar-refractivity contribution in [3.63, 3.8) is 0 Å². The van der Waals surface area contributed by atoms with Gasteiger partial charge in [0.1, 0.15) is 34.2 Å². The van der Waals surface area contributed by atoms with Gasteiger partial charge in [0.05, 0.1) is 27.0 Å². The van der Waals surface area contributed by atoms with Gasteiger partial charge in [-0.3, -0.25) is 32.8 Å². The summed E-state index contributed by atoms with van der Waals surface area (Å²) in [5.41, 5.74) is 4.03. The van der Waals surface area contributed by atoms with Gasteiger partial charge in [-0.1, -0.05) is 76.1 Å². The van der Waals surface area contributed by atoms with E-state index in [0.717, 1.165) is 52.9 Å². The number of nitrogens with one attached hydrogen (secondary N) is 4. The van der Waals surface area contributed by atoms with Gasteiger partial charge in [0.25, 0.3) is 54.0 Å². The number of amides is 4. The topological polar surface area (TPSA) is 369 Å². The summed E-state index contributed by atoms with van der Waals surface area (Å²) in [6, 6.07) is 21.5. The first-order valence-electron chi connectivity index (χ1n) is 29.3. The van der Waals surface area contributed by atoms with Crippen LogP contribution in [0.5, 0.6) is 0 Å². The molecule has 0 saturated carbocycles. The van der Waals surface area contributed by atoms with Crippen molar-refractivity contribution >= 4 is 103 Å². The highest BCUT2D eigenvalue weighted by atomic mass is 32.2. The maximum atomic E-state index is 13.5.